The van der Waals surface area contributed by atoms with Gasteiger partial charge in [-0.1, -0.05) is 35.3 Å². The lowest BCUT2D eigenvalue weighted by molar-refractivity contribution is -0.120. The molecule has 0 saturated carbocycles. The number of halogens is 2. The van der Waals surface area contributed by atoms with Crippen molar-refractivity contribution in [3.05, 3.63) is 58.2 Å². The van der Waals surface area contributed by atoms with Crippen molar-refractivity contribution in [3.63, 3.8) is 0 Å². The number of piperidine rings is 2. The predicted molar refractivity (Wildman–Crippen MR) is 141 cm³/mol. The molecule has 2 aromatic rings. The van der Waals surface area contributed by atoms with Crippen LogP contribution < -0.4 is 4.90 Å². The van der Waals surface area contributed by atoms with E-state index in [-0.39, 0.29) is 17.4 Å². The zero-order valence-electron chi connectivity index (χ0n) is 20.2. The van der Waals surface area contributed by atoms with Crippen molar-refractivity contribution < 1.29 is 13.2 Å². The second-order valence-corrected chi connectivity index (χ2v) is 12.5. The number of nitrogens with zero attached hydrogens (tertiary/aromatic N) is 4. The van der Waals surface area contributed by atoms with Crippen LogP contribution in [0.1, 0.15) is 37.7 Å². The summed E-state index contributed by atoms with van der Waals surface area (Å²) in [6.07, 6.45) is 6.57. The molecular formula is C25H32Cl2N4O3S. The highest BCUT2D eigenvalue weighted by molar-refractivity contribution is 7.88. The molecule has 2 aliphatic rings. The standard InChI is InChI=1S/C25H32Cl2N4O3S/c1-29(35(2,33)34)20-9-14-30(15-10-20)16-12-25(19-6-7-21(26)22(27)17-19)11-8-24(32)31(18-25)23-5-3-4-13-28-23/h3-7,13,17,20H,8-12,14-16,18H2,1-2H3. The molecule has 35 heavy (non-hydrogen) atoms. The molecule has 0 N–H and O–H groups in total. The van der Waals surface area contributed by atoms with E-state index in [1.807, 2.05) is 36.4 Å². The van der Waals surface area contributed by atoms with E-state index in [1.165, 1.54) is 10.6 Å². The van der Waals surface area contributed by atoms with Gasteiger partial charge in [-0.15, -0.1) is 0 Å². The molecule has 2 saturated heterocycles. The summed E-state index contributed by atoms with van der Waals surface area (Å²) in [6.45, 7) is 3.05. The van der Waals surface area contributed by atoms with Crippen molar-refractivity contribution in [2.45, 2.75) is 43.6 Å². The molecule has 1 aromatic heterocycles. The number of hydrogen-bond acceptors (Lipinski definition) is 5. The molecule has 1 unspecified atom stereocenters. The van der Waals surface area contributed by atoms with E-state index in [4.69, 9.17) is 23.2 Å². The third-order valence-electron chi connectivity index (χ3n) is 7.54. The molecule has 4 rings (SSSR count). The van der Waals surface area contributed by atoms with Gasteiger partial charge in [0.2, 0.25) is 15.9 Å². The Kier molecular flexibility index (Phi) is 8.08. The third kappa shape index (κ3) is 6.00. The lowest BCUT2D eigenvalue weighted by Gasteiger charge is -2.44. The van der Waals surface area contributed by atoms with Crippen molar-refractivity contribution in [2.75, 3.05) is 44.4 Å². The van der Waals surface area contributed by atoms with Crippen molar-refractivity contribution >= 4 is 45.0 Å². The Morgan fingerprint density at radius 1 is 1.14 bits per heavy atom. The van der Waals surface area contributed by atoms with Crippen LogP contribution in [0.2, 0.25) is 10.0 Å². The van der Waals surface area contributed by atoms with E-state index in [9.17, 15) is 13.2 Å². The number of rotatable bonds is 7. The summed E-state index contributed by atoms with van der Waals surface area (Å²) in [5.41, 5.74) is 0.784. The fraction of sp³-hybridized carbons (Fsp3) is 0.520. The summed E-state index contributed by atoms with van der Waals surface area (Å²) in [4.78, 5) is 21.5. The van der Waals surface area contributed by atoms with Crippen molar-refractivity contribution in [1.29, 1.82) is 0 Å². The van der Waals surface area contributed by atoms with E-state index in [1.54, 1.807) is 18.1 Å². The largest absolute Gasteiger partial charge is 0.303 e. The van der Waals surface area contributed by atoms with E-state index in [0.29, 0.717) is 28.8 Å². The van der Waals surface area contributed by atoms with E-state index < -0.39 is 10.0 Å². The summed E-state index contributed by atoms with van der Waals surface area (Å²) >= 11 is 12.6. The summed E-state index contributed by atoms with van der Waals surface area (Å²) in [6, 6.07) is 11.4. The van der Waals surface area contributed by atoms with Crippen LogP contribution in [-0.2, 0) is 20.2 Å². The quantitative estimate of drug-likeness (QED) is 0.528. The van der Waals surface area contributed by atoms with Gasteiger partial charge in [-0.2, -0.15) is 0 Å². The van der Waals surface area contributed by atoms with Crippen LogP contribution in [0.5, 0.6) is 0 Å². The van der Waals surface area contributed by atoms with Gasteiger partial charge < -0.3 is 4.90 Å². The second-order valence-electron chi connectivity index (χ2n) is 9.68. The molecule has 1 amide bonds. The van der Waals surface area contributed by atoms with E-state index in [0.717, 1.165) is 50.9 Å². The Morgan fingerprint density at radius 2 is 1.89 bits per heavy atom. The maximum atomic E-state index is 12.9. The number of benzene rings is 1. The highest BCUT2D eigenvalue weighted by Crippen LogP contribution is 2.41. The van der Waals surface area contributed by atoms with Gasteiger partial charge in [0.15, 0.2) is 0 Å². The maximum absolute atomic E-state index is 12.9. The molecule has 10 heteroatoms. The SMILES string of the molecule is CN(C1CCN(CCC2(c3ccc(Cl)c(Cl)c3)CCC(=O)N(c3ccccn3)C2)CC1)S(C)(=O)=O. The monoisotopic (exact) mass is 538 g/mol. The lowest BCUT2D eigenvalue weighted by Crippen LogP contribution is -2.51. The topological polar surface area (TPSA) is 73.8 Å². The van der Waals surface area contributed by atoms with Gasteiger partial charge in [-0.3, -0.25) is 9.69 Å². The molecule has 0 radical (unpaired) electrons. The second kappa shape index (κ2) is 10.7. The number of amides is 1. The van der Waals surface area contributed by atoms with Gasteiger partial charge in [0.05, 0.1) is 16.3 Å². The van der Waals surface area contributed by atoms with E-state index in [2.05, 4.69) is 9.88 Å². The summed E-state index contributed by atoms with van der Waals surface area (Å²) in [5.74, 6) is 0.732. The number of pyridine rings is 1. The minimum atomic E-state index is -3.19. The Balaban J connectivity index is 1.53. The van der Waals surface area contributed by atoms with Crippen LogP contribution in [0.25, 0.3) is 0 Å². The minimum absolute atomic E-state index is 0.0391. The van der Waals surface area contributed by atoms with Crippen LogP contribution >= 0.6 is 23.2 Å². The van der Waals surface area contributed by atoms with Crippen molar-refractivity contribution in [2.24, 2.45) is 0 Å². The first-order valence-corrected chi connectivity index (χ1v) is 14.5. The average Bonchev–Trinajstić information content (AvgIpc) is 2.85. The van der Waals surface area contributed by atoms with Gasteiger partial charge in [0.25, 0.3) is 0 Å². The molecule has 2 fully saturated rings. The first-order chi connectivity index (χ1) is 16.6. The molecule has 3 heterocycles. The Bertz CT molecular complexity index is 1160. The zero-order chi connectivity index (χ0) is 25.2. The molecule has 0 bridgehead atoms. The Morgan fingerprint density at radius 3 is 2.51 bits per heavy atom. The first-order valence-electron chi connectivity index (χ1n) is 11.9. The molecule has 190 valence electrons. The van der Waals surface area contributed by atoms with E-state index >= 15 is 0 Å². The zero-order valence-corrected chi connectivity index (χ0v) is 22.5. The Labute approximate surface area is 218 Å². The molecule has 1 atom stereocenters. The number of carbonyl (C=O) groups excluding carboxylic acids is 1. The van der Waals surface area contributed by atoms with Crippen molar-refractivity contribution in [1.82, 2.24) is 14.2 Å². The first kappa shape index (κ1) is 26.4. The molecule has 1 aromatic carbocycles. The highest BCUT2D eigenvalue weighted by Gasteiger charge is 2.41. The van der Waals surface area contributed by atoms with Crippen LogP contribution in [0.15, 0.2) is 42.6 Å². The maximum Gasteiger partial charge on any atom is 0.228 e. The average molecular weight is 540 g/mol. The number of aromatic nitrogens is 1. The number of hydrogen-bond donors (Lipinski definition) is 0. The molecule has 7 nitrogen and oxygen atoms in total. The third-order valence-corrected chi connectivity index (χ3v) is 9.62. The summed E-state index contributed by atoms with van der Waals surface area (Å²) < 4.78 is 25.3. The van der Waals surface area contributed by atoms with Crippen LogP contribution in [0.3, 0.4) is 0 Å². The number of carbonyl (C=O) groups is 1. The van der Waals surface area contributed by atoms with Gasteiger partial charge in [0.1, 0.15) is 5.82 Å². The fourth-order valence-electron chi connectivity index (χ4n) is 5.23. The van der Waals surface area contributed by atoms with Crippen molar-refractivity contribution in [3.8, 4) is 0 Å². The Hall–Kier alpha value is -1.71. The number of anilines is 1. The molecular weight excluding hydrogens is 507 g/mol. The predicted octanol–water partition coefficient (Wildman–Crippen LogP) is 4.20. The van der Waals surface area contributed by atoms with Gasteiger partial charge in [0, 0.05) is 37.7 Å². The number of likely N-dealkylation sites (tertiary alicyclic amines) is 1. The smallest absolute Gasteiger partial charge is 0.228 e. The van der Waals surface area contributed by atoms with Gasteiger partial charge in [-0.25, -0.2) is 17.7 Å². The molecule has 2 aliphatic heterocycles. The van der Waals surface area contributed by atoms with Gasteiger partial charge in [-0.05, 0) is 75.1 Å². The lowest BCUT2D eigenvalue weighted by atomic mass is 9.71. The normalized spacial score (nSPS) is 22.7. The fourth-order valence-corrected chi connectivity index (χ4v) is 6.28. The summed E-state index contributed by atoms with van der Waals surface area (Å²) in [7, 11) is -1.53. The highest BCUT2D eigenvalue weighted by atomic mass is 35.5. The molecule has 0 spiro atoms. The molecule has 0 aliphatic carbocycles. The minimum Gasteiger partial charge on any atom is -0.303 e. The van der Waals surface area contributed by atoms with Crippen LogP contribution in [-0.4, -0.2) is 74.0 Å². The van der Waals surface area contributed by atoms with Crippen LogP contribution in [0.4, 0.5) is 5.82 Å². The number of sulfonamides is 1. The summed E-state index contributed by atoms with van der Waals surface area (Å²) in [5, 5.41) is 1.02. The van der Waals surface area contributed by atoms with Crippen LogP contribution in [0, 0.1) is 0 Å². The van der Waals surface area contributed by atoms with Gasteiger partial charge >= 0.3 is 0 Å².